The van der Waals surface area contributed by atoms with Crippen LogP contribution in [0.25, 0.3) is 10.2 Å². The number of benzene rings is 1. The van der Waals surface area contributed by atoms with E-state index in [1.54, 1.807) is 18.4 Å². The molecule has 0 atom stereocenters. The average Bonchev–Trinajstić information content (AvgIpc) is 3.08. The summed E-state index contributed by atoms with van der Waals surface area (Å²) in [5.74, 6) is 1.55. The molecular formula is C17H16N2O2S. The number of aromatic nitrogens is 2. The zero-order valence-corrected chi connectivity index (χ0v) is 13.1. The van der Waals surface area contributed by atoms with Crippen molar-refractivity contribution in [1.29, 1.82) is 0 Å². The van der Waals surface area contributed by atoms with E-state index in [0.29, 0.717) is 6.42 Å². The van der Waals surface area contributed by atoms with Gasteiger partial charge in [0.2, 0.25) is 0 Å². The van der Waals surface area contributed by atoms with E-state index >= 15 is 0 Å². The Labute approximate surface area is 131 Å². The molecule has 0 amide bonds. The van der Waals surface area contributed by atoms with E-state index in [1.165, 1.54) is 10.4 Å². The first-order valence-electron chi connectivity index (χ1n) is 7.41. The lowest BCUT2D eigenvalue weighted by molar-refractivity contribution is 0.414. The Morgan fingerprint density at radius 3 is 2.86 bits per heavy atom. The molecule has 0 unspecified atom stereocenters. The molecule has 22 heavy (non-hydrogen) atoms. The number of hydrogen-bond donors (Lipinski definition) is 1. The van der Waals surface area contributed by atoms with Gasteiger partial charge in [0.05, 0.1) is 12.5 Å². The Hall–Kier alpha value is -2.14. The second-order valence-corrected chi connectivity index (χ2v) is 6.66. The second kappa shape index (κ2) is 5.25. The zero-order chi connectivity index (χ0) is 15.1. The normalized spacial score (nSPS) is 13.5. The molecule has 1 aliphatic carbocycles. The fourth-order valence-electron chi connectivity index (χ4n) is 3.07. The first-order valence-corrected chi connectivity index (χ1v) is 8.22. The molecule has 2 aromatic heterocycles. The highest BCUT2D eigenvalue weighted by Gasteiger charge is 2.21. The van der Waals surface area contributed by atoms with Gasteiger partial charge in [-0.05, 0) is 42.5 Å². The number of aromatic amines is 1. The summed E-state index contributed by atoms with van der Waals surface area (Å²) in [4.78, 5) is 22.3. The summed E-state index contributed by atoms with van der Waals surface area (Å²) in [6.45, 7) is 0. The number of ether oxygens (including phenoxy) is 1. The molecule has 0 saturated heterocycles. The Balaban J connectivity index is 1.71. The molecule has 4 rings (SSSR count). The molecule has 4 nitrogen and oxygen atoms in total. The van der Waals surface area contributed by atoms with Gasteiger partial charge in [-0.2, -0.15) is 0 Å². The number of H-pyrrole nitrogens is 1. The highest BCUT2D eigenvalue weighted by atomic mass is 32.1. The van der Waals surface area contributed by atoms with Crippen molar-refractivity contribution in [2.45, 2.75) is 25.7 Å². The molecule has 0 radical (unpaired) electrons. The third kappa shape index (κ3) is 2.22. The summed E-state index contributed by atoms with van der Waals surface area (Å²) in [7, 11) is 1.65. The molecule has 3 aromatic rings. The number of methoxy groups -OCH3 is 1. The molecular weight excluding hydrogens is 296 g/mol. The summed E-state index contributed by atoms with van der Waals surface area (Å²) in [6, 6.07) is 7.84. The Morgan fingerprint density at radius 1 is 1.27 bits per heavy atom. The first kappa shape index (κ1) is 13.5. The summed E-state index contributed by atoms with van der Waals surface area (Å²) in [5, 5.41) is 0.816. The van der Waals surface area contributed by atoms with Crippen molar-refractivity contribution in [3.63, 3.8) is 0 Å². The highest BCUT2D eigenvalue weighted by molar-refractivity contribution is 7.18. The largest absolute Gasteiger partial charge is 0.497 e. The van der Waals surface area contributed by atoms with Gasteiger partial charge in [-0.25, -0.2) is 4.98 Å². The van der Waals surface area contributed by atoms with Crippen LogP contribution in [0.15, 0.2) is 29.1 Å². The van der Waals surface area contributed by atoms with Crippen LogP contribution in [0.3, 0.4) is 0 Å². The highest BCUT2D eigenvalue weighted by Crippen LogP contribution is 2.34. The van der Waals surface area contributed by atoms with Gasteiger partial charge in [-0.15, -0.1) is 11.3 Å². The van der Waals surface area contributed by atoms with Gasteiger partial charge in [0.15, 0.2) is 0 Å². The van der Waals surface area contributed by atoms with E-state index in [2.05, 4.69) is 9.97 Å². The maximum Gasteiger partial charge on any atom is 0.259 e. The number of thiophene rings is 1. The summed E-state index contributed by atoms with van der Waals surface area (Å²) in [6.07, 6.45) is 3.88. The zero-order valence-electron chi connectivity index (χ0n) is 12.3. The van der Waals surface area contributed by atoms with Crippen LogP contribution >= 0.6 is 11.3 Å². The minimum Gasteiger partial charge on any atom is -0.497 e. The van der Waals surface area contributed by atoms with E-state index in [4.69, 9.17) is 4.74 Å². The molecule has 0 aliphatic heterocycles. The van der Waals surface area contributed by atoms with E-state index in [-0.39, 0.29) is 5.56 Å². The maximum absolute atomic E-state index is 12.4. The quantitative estimate of drug-likeness (QED) is 0.808. The lowest BCUT2D eigenvalue weighted by Gasteiger charge is -2.04. The number of nitrogens with zero attached hydrogens (tertiary/aromatic N) is 1. The van der Waals surface area contributed by atoms with Crippen LogP contribution in [0, 0.1) is 0 Å². The number of aryl methyl sites for hydroxylation is 2. The number of rotatable bonds is 3. The Bertz CT molecular complexity index is 893. The third-order valence-electron chi connectivity index (χ3n) is 4.15. The molecule has 0 bridgehead atoms. The lowest BCUT2D eigenvalue weighted by atomic mass is 10.1. The van der Waals surface area contributed by atoms with Crippen LogP contribution in [-0.4, -0.2) is 17.1 Å². The molecule has 2 heterocycles. The fourth-order valence-corrected chi connectivity index (χ4v) is 4.35. The van der Waals surface area contributed by atoms with Gasteiger partial charge in [0, 0.05) is 11.3 Å². The van der Waals surface area contributed by atoms with E-state index in [1.807, 2.05) is 24.3 Å². The van der Waals surface area contributed by atoms with Crippen molar-refractivity contribution in [1.82, 2.24) is 9.97 Å². The standard InChI is InChI=1S/C17H16N2O2S/c1-21-11-7-5-10(6-8-11)9-14-18-16(20)15-12-3-2-4-13(12)22-17(15)19-14/h5-8H,2-4,9H2,1H3,(H,18,19,20). The van der Waals surface area contributed by atoms with Crippen molar-refractivity contribution >= 4 is 21.6 Å². The number of nitrogens with one attached hydrogen (secondary N) is 1. The summed E-state index contributed by atoms with van der Waals surface area (Å²) < 4.78 is 5.16. The van der Waals surface area contributed by atoms with Crippen LogP contribution in [0.5, 0.6) is 5.75 Å². The topological polar surface area (TPSA) is 55.0 Å². The summed E-state index contributed by atoms with van der Waals surface area (Å²) >= 11 is 1.68. The fraction of sp³-hybridized carbons (Fsp3) is 0.294. The van der Waals surface area contributed by atoms with Crippen LogP contribution in [0.2, 0.25) is 0 Å². The predicted molar refractivity (Wildman–Crippen MR) is 88.1 cm³/mol. The van der Waals surface area contributed by atoms with Crippen LogP contribution in [0.1, 0.15) is 28.2 Å². The minimum absolute atomic E-state index is 0.00733. The van der Waals surface area contributed by atoms with E-state index in [9.17, 15) is 4.79 Å². The van der Waals surface area contributed by atoms with Crippen LogP contribution in [0.4, 0.5) is 0 Å². The van der Waals surface area contributed by atoms with Crippen molar-refractivity contribution in [2.75, 3.05) is 7.11 Å². The Morgan fingerprint density at radius 2 is 2.09 bits per heavy atom. The predicted octanol–water partition coefficient (Wildman–Crippen LogP) is 3.07. The molecule has 0 saturated carbocycles. The Kier molecular flexibility index (Phi) is 3.22. The first-order chi connectivity index (χ1) is 10.7. The van der Waals surface area contributed by atoms with Gasteiger partial charge in [0.1, 0.15) is 16.4 Å². The molecule has 0 fully saturated rings. The van der Waals surface area contributed by atoms with Gasteiger partial charge in [-0.3, -0.25) is 4.79 Å². The molecule has 1 N–H and O–H groups in total. The minimum atomic E-state index is 0.00733. The molecule has 1 aromatic carbocycles. The SMILES string of the molecule is COc1ccc(Cc2nc3sc4c(c3c(=O)[nH]2)CCC4)cc1. The lowest BCUT2D eigenvalue weighted by Crippen LogP contribution is -2.12. The van der Waals surface area contributed by atoms with Crippen molar-refractivity contribution < 1.29 is 4.74 Å². The van der Waals surface area contributed by atoms with Gasteiger partial charge < -0.3 is 9.72 Å². The number of fused-ring (bicyclic) bond motifs is 3. The van der Waals surface area contributed by atoms with Crippen molar-refractivity contribution in [2.24, 2.45) is 0 Å². The van der Waals surface area contributed by atoms with E-state index < -0.39 is 0 Å². The smallest absolute Gasteiger partial charge is 0.259 e. The molecule has 5 heteroatoms. The third-order valence-corrected chi connectivity index (χ3v) is 5.34. The second-order valence-electron chi connectivity index (χ2n) is 5.57. The van der Waals surface area contributed by atoms with Gasteiger partial charge >= 0.3 is 0 Å². The van der Waals surface area contributed by atoms with Gasteiger partial charge in [-0.1, -0.05) is 12.1 Å². The van der Waals surface area contributed by atoms with Crippen LogP contribution < -0.4 is 10.3 Å². The van der Waals surface area contributed by atoms with E-state index in [0.717, 1.165) is 46.6 Å². The molecule has 112 valence electrons. The van der Waals surface area contributed by atoms with Crippen LogP contribution in [-0.2, 0) is 19.3 Å². The molecule has 0 spiro atoms. The monoisotopic (exact) mass is 312 g/mol. The van der Waals surface area contributed by atoms with Crippen molar-refractivity contribution in [3.05, 3.63) is 56.4 Å². The molecule has 1 aliphatic rings. The summed E-state index contributed by atoms with van der Waals surface area (Å²) in [5.41, 5.74) is 2.34. The number of hydrogen-bond acceptors (Lipinski definition) is 4. The maximum atomic E-state index is 12.4. The average molecular weight is 312 g/mol. The van der Waals surface area contributed by atoms with Crippen molar-refractivity contribution in [3.8, 4) is 5.75 Å². The van der Waals surface area contributed by atoms with Gasteiger partial charge in [0.25, 0.3) is 5.56 Å².